The highest BCUT2D eigenvalue weighted by Gasteiger charge is 2.35. The molecule has 2 fully saturated rings. The van der Waals surface area contributed by atoms with E-state index in [1.54, 1.807) is 14.1 Å². The summed E-state index contributed by atoms with van der Waals surface area (Å²) in [6, 6.07) is 9.07. The Hall–Kier alpha value is -1.15. The van der Waals surface area contributed by atoms with Gasteiger partial charge in [-0.15, -0.1) is 0 Å². The number of aryl methyl sites for hydroxylation is 1. The summed E-state index contributed by atoms with van der Waals surface area (Å²) in [6.07, 6.45) is 2.13. The number of hydrogen-bond acceptors (Lipinski definition) is 5. The van der Waals surface area contributed by atoms with Crippen LogP contribution < -0.4 is 10.2 Å². The predicted molar refractivity (Wildman–Crippen MR) is 105 cm³/mol. The third kappa shape index (κ3) is 4.57. The van der Waals surface area contributed by atoms with Crippen LogP contribution in [0.15, 0.2) is 24.3 Å². The second-order valence-electron chi connectivity index (χ2n) is 7.68. The molecule has 2 saturated heterocycles. The minimum Gasteiger partial charge on any atom is -0.379 e. The Morgan fingerprint density at radius 1 is 1.19 bits per heavy atom. The van der Waals surface area contributed by atoms with Gasteiger partial charge in [0.15, 0.2) is 0 Å². The lowest BCUT2D eigenvalue weighted by Gasteiger charge is -2.36. The van der Waals surface area contributed by atoms with Crippen molar-refractivity contribution in [2.24, 2.45) is 5.92 Å². The Morgan fingerprint density at radius 3 is 2.54 bits per heavy atom. The molecular weight excluding hydrogens is 350 g/mol. The molecule has 1 N–H and O–H groups in total. The van der Waals surface area contributed by atoms with Crippen LogP contribution in [0.4, 0.5) is 5.69 Å². The third-order valence-corrected chi connectivity index (χ3v) is 7.54. The summed E-state index contributed by atoms with van der Waals surface area (Å²) >= 11 is 0. The molecule has 0 aliphatic carbocycles. The van der Waals surface area contributed by atoms with Gasteiger partial charge in [-0.3, -0.25) is 0 Å². The third-order valence-electron chi connectivity index (χ3n) is 5.58. The Kier molecular flexibility index (Phi) is 6.22. The fourth-order valence-corrected chi connectivity index (χ4v) is 5.04. The quantitative estimate of drug-likeness (QED) is 0.808. The summed E-state index contributed by atoms with van der Waals surface area (Å²) in [4.78, 5) is 2.45. The van der Waals surface area contributed by atoms with E-state index >= 15 is 0 Å². The van der Waals surface area contributed by atoms with Crippen molar-refractivity contribution in [2.45, 2.75) is 31.8 Å². The van der Waals surface area contributed by atoms with Crippen LogP contribution in [0.5, 0.6) is 0 Å². The molecule has 7 heteroatoms. The summed E-state index contributed by atoms with van der Waals surface area (Å²) in [7, 11) is -0.0156. The molecule has 0 amide bonds. The second-order valence-corrected chi connectivity index (χ2v) is 9.91. The molecule has 0 aromatic heterocycles. The average molecular weight is 382 g/mol. The SMILES string of the molecule is Cc1ccccc1N1CCC(N[C@H]2COC[C@H]2CS(=O)(=O)N(C)C)CC1. The van der Waals surface area contributed by atoms with Crippen molar-refractivity contribution in [1.82, 2.24) is 9.62 Å². The predicted octanol–water partition coefficient (Wildman–Crippen LogP) is 1.46. The molecule has 1 aromatic carbocycles. The van der Waals surface area contributed by atoms with E-state index in [4.69, 9.17) is 4.74 Å². The number of piperidine rings is 1. The van der Waals surface area contributed by atoms with Crippen LogP contribution in [-0.2, 0) is 14.8 Å². The van der Waals surface area contributed by atoms with Gasteiger partial charge in [0.05, 0.1) is 19.0 Å². The van der Waals surface area contributed by atoms with Crippen molar-refractivity contribution in [3.63, 3.8) is 0 Å². The Morgan fingerprint density at radius 2 is 1.88 bits per heavy atom. The standard InChI is InChI=1S/C19H31N3O3S/c1-15-6-4-5-7-19(15)22-10-8-17(9-11-22)20-18-13-25-12-16(18)14-26(23,24)21(2)3/h4-7,16-18,20H,8-14H2,1-3H3/t16-,18-/m0/s1. The lowest BCUT2D eigenvalue weighted by atomic mass is 9.99. The van der Waals surface area contributed by atoms with Gasteiger partial charge in [-0.25, -0.2) is 12.7 Å². The van der Waals surface area contributed by atoms with Crippen molar-refractivity contribution in [2.75, 3.05) is 51.1 Å². The minimum atomic E-state index is -3.20. The lowest BCUT2D eigenvalue weighted by molar-refractivity contribution is 0.182. The molecule has 0 radical (unpaired) electrons. The largest absolute Gasteiger partial charge is 0.379 e. The number of nitrogens with one attached hydrogen (secondary N) is 1. The first kappa shape index (κ1) is 19.6. The first-order chi connectivity index (χ1) is 12.4. The van der Waals surface area contributed by atoms with Gasteiger partial charge in [0.25, 0.3) is 0 Å². The van der Waals surface area contributed by atoms with E-state index in [-0.39, 0.29) is 17.7 Å². The zero-order chi connectivity index (χ0) is 18.7. The van der Waals surface area contributed by atoms with Crippen molar-refractivity contribution < 1.29 is 13.2 Å². The van der Waals surface area contributed by atoms with E-state index in [1.807, 2.05) is 0 Å². The first-order valence-electron chi connectivity index (χ1n) is 9.41. The monoisotopic (exact) mass is 381 g/mol. The van der Waals surface area contributed by atoms with E-state index in [0.717, 1.165) is 25.9 Å². The van der Waals surface area contributed by atoms with Crippen LogP contribution >= 0.6 is 0 Å². The molecule has 2 atom stereocenters. The number of anilines is 1. The summed E-state index contributed by atoms with van der Waals surface area (Å²) < 4.78 is 31.3. The van der Waals surface area contributed by atoms with Crippen LogP contribution in [0.2, 0.25) is 0 Å². The van der Waals surface area contributed by atoms with Gasteiger partial charge in [-0.2, -0.15) is 0 Å². The zero-order valence-electron chi connectivity index (χ0n) is 16.0. The van der Waals surface area contributed by atoms with Crippen LogP contribution in [-0.4, -0.2) is 71.0 Å². The highest BCUT2D eigenvalue weighted by atomic mass is 32.2. The van der Waals surface area contributed by atoms with Gasteiger partial charge >= 0.3 is 0 Å². The van der Waals surface area contributed by atoms with Crippen molar-refractivity contribution >= 4 is 15.7 Å². The topological polar surface area (TPSA) is 61.9 Å². The number of benzene rings is 1. The number of sulfonamides is 1. The Bertz CT molecular complexity index is 700. The molecule has 2 aliphatic rings. The molecule has 2 heterocycles. The van der Waals surface area contributed by atoms with Gasteiger partial charge in [0.1, 0.15) is 0 Å². The number of rotatable bonds is 6. The Balaban J connectivity index is 1.53. The highest BCUT2D eigenvalue weighted by molar-refractivity contribution is 7.89. The molecule has 2 aliphatic heterocycles. The maximum atomic E-state index is 12.2. The molecule has 0 bridgehead atoms. The molecule has 0 spiro atoms. The van der Waals surface area contributed by atoms with Gasteiger partial charge in [-0.05, 0) is 31.4 Å². The molecule has 1 aromatic rings. The van der Waals surface area contributed by atoms with Crippen molar-refractivity contribution in [1.29, 1.82) is 0 Å². The smallest absolute Gasteiger partial charge is 0.214 e. The fourth-order valence-electron chi connectivity index (χ4n) is 3.87. The summed E-state index contributed by atoms with van der Waals surface area (Å²) in [6.45, 7) is 5.33. The van der Waals surface area contributed by atoms with Crippen LogP contribution in [0.1, 0.15) is 18.4 Å². The molecular formula is C19H31N3O3S. The number of para-hydroxylation sites is 1. The summed E-state index contributed by atoms with van der Waals surface area (Å²) in [5, 5.41) is 3.68. The van der Waals surface area contributed by atoms with Crippen molar-refractivity contribution in [3.05, 3.63) is 29.8 Å². The highest BCUT2D eigenvalue weighted by Crippen LogP contribution is 2.25. The second kappa shape index (κ2) is 8.25. The van der Waals surface area contributed by atoms with E-state index in [9.17, 15) is 8.42 Å². The van der Waals surface area contributed by atoms with E-state index < -0.39 is 10.0 Å². The zero-order valence-corrected chi connectivity index (χ0v) is 16.8. The molecule has 146 valence electrons. The molecule has 6 nitrogen and oxygen atoms in total. The number of nitrogens with zero attached hydrogens (tertiary/aromatic N) is 2. The Labute approximate surface area is 157 Å². The summed E-state index contributed by atoms with van der Waals surface area (Å²) in [5.74, 6) is 0.177. The lowest BCUT2D eigenvalue weighted by Crippen LogP contribution is -2.49. The molecule has 0 unspecified atom stereocenters. The molecule has 26 heavy (non-hydrogen) atoms. The van der Waals surface area contributed by atoms with E-state index in [1.165, 1.54) is 15.6 Å². The fraction of sp³-hybridized carbons (Fsp3) is 0.684. The van der Waals surface area contributed by atoms with Gasteiger partial charge < -0.3 is 15.0 Å². The molecule has 0 saturated carbocycles. The van der Waals surface area contributed by atoms with Crippen LogP contribution in [0.3, 0.4) is 0 Å². The van der Waals surface area contributed by atoms with Crippen LogP contribution in [0, 0.1) is 12.8 Å². The maximum absolute atomic E-state index is 12.2. The van der Waals surface area contributed by atoms with Gasteiger partial charge in [-0.1, -0.05) is 18.2 Å². The number of hydrogen-bond donors (Lipinski definition) is 1. The summed E-state index contributed by atoms with van der Waals surface area (Å²) in [5.41, 5.74) is 2.64. The molecule has 3 rings (SSSR count). The van der Waals surface area contributed by atoms with Gasteiger partial charge in [0.2, 0.25) is 10.0 Å². The van der Waals surface area contributed by atoms with E-state index in [2.05, 4.69) is 41.4 Å². The first-order valence-corrected chi connectivity index (χ1v) is 11.0. The van der Waals surface area contributed by atoms with Gasteiger partial charge in [0, 0.05) is 50.9 Å². The minimum absolute atomic E-state index is 0.0248. The normalized spacial score (nSPS) is 25.2. The average Bonchev–Trinajstić information content (AvgIpc) is 3.02. The van der Waals surface area contributed by atoms with Crippen molar-refractivity contribution in [3.8, 4) is 0 Å². The number of ether oxygens (including phenoxy) is 1. The maximum Gasteiger partial charge on any atom is 0.214 e. The van der Waals surface area contributed by atoms with E-state index in [0.29, 0.717) is 19.3 Å². The van der Waals surface area contributed by atoms with Crippen LogP contribution in [0.25, 0.3) is 0 Å².